The van der Waals surface area contributed by atoms with Crippen molar-refractivity contribution in [2.45, 2.75) is 51.7 Å². The molecule has 9 nitrogen and oxygen atoms in total. The predicted molar refractivity (Wildman–Crippen MR) is 126 cm³/mol. The number of nitrogens with one attached hydrogen (secondary N) is 1. The van der Waals surface area contributed by atoms with Gasteiger partial charge in [0.05, 0.1) is 30.3 Å². The number of aromatic hydroxyl groups is 1. The monoisotopic (exact) mass is 450 g/mol. The standard InChI is InChI=1S/C24H30N6O3/c1-15-11-16(2)27-24(26-15)28-17-3-5-19(6-4-17)33-23-20-12-18(31)14-25-21(20)13-22(29-23)30-7-9-32-10-8-30/h11-14,17,19,31H,3-10H2,1-2H3,(H,26,27,28). The summed E-state index contributed by atoms with van der Waals surface area (Å²) in [6, 6.07) is 5.93. The van der Waals surface area contributed by atoms with Gasteiger partial charge in [0.25, 0.3) is 0 Å². The summed E-state index contributed by atoms with van der Waals surface area (Å²) in [5.74, 6) is 2.17. The van der Waals surface area contributed by atoms with Crippen molar-refractivity contribution in [3.05, 3.63) is 35.8 Å². The summed E-state index contributed by atoms with van der Waals surface area (Å²) in [5.41, 5.74) is 2.70. The highest BCUT2D eigenvalue weighted by atomic mass is 16.5. The van der Waals surface area contributed by atoms with Gasteiger partial charge in [0, 0.05) is 36.6 Å². The Labute approximate surface area is 193 Å². The lowest BCUT2D eigenvalue weighted by Crippen LogP contribution is -2.37. The minimum absolute atomic E-state index is 0.0567. The second-order valence-electron chi connectivity index (χ2n) is 8.86. The lowest BCUT2D eigenvalue weighted by atomic mass is 9.93. The number of aromatic nitrogens is 4. The Hall–Kier alpha value is -3.20. The van der Waals surface area contributed by atoms with Gasteiger partial charge in [-0.25, -0.2) is 9.97 Å². The quantitative estimate of drug-likeness (QED) is 0.605. The molecule has 1 saturated carbocycles. The van der Waals surface area contributed by atoms with E-state index in [2.05, 4.69) is 25.2 Å². The van der Waals surface area contributed by atoms with Crippen molar-refractivity contribution < 1.29 is 14.6 Å². The SMILES string of the molecule is Cc1cc(C)nc(NC2CCC(Oc3nc(N4CCOCC4)cc4ncc(O)cc34)CC2)n1. The van der Waals surface area contributed by atoms with E-state index in [1.165, 1.54) is 6.20 Å². The minimum Gasteiger partial charge on any atom is -0.506 e. The highest BCUT2D eigenvalue weighted by molar-refractivity contribution is 5.86. The van der Waals surface area contributed by atoms with Gasteiger partial charge in [0.1, 0.15) is 17.7 Å². The van der Waals surface area contributed by atoms with Gasteiger partial charge in [-0.3, -0.25) is 4.98 Å². The molecule has 4 heterocycles. The zero-order chi connectivity index (χ0) is 22.8. The topological polar surface area (TPSA) is 106 Å². The Bertz CT molecular complexity index is 1110. The molecule has 33 heavy (non-hydrogen) atoms. The van der Waals surface area contributed by atoms with Crippen molar-refractivity contribution in [2.75, 3.05) is 36.5 Å². The number of pyridine rings is 2. The summed E-state index contributed by atoms with van der Waals surface area (Å²) in [6.07, 6.45) is 5.25. The van der Waals surface area contributed by atoms with E-state index in [-0.39, 0.29) is 11.9 Å². The first kappa shape index (κ1) is 21.6. The molecule has 174 valence electrons. The first-order valence-electron chi connectivity index (χ1n) is 11.6. The van der Waals surface area contributed by atoms with E-state index in [0.29, 0.717) is 31.1 Å². The van der Waals surface area contributed by atoms with Crippen LogP contribution in [0.5, 0.6) is 11.6 Å². The first-order valence-corrected chi connectivity index (χ1v) is 11.6. The molecule has 1 aliphatic carbocycles. The summed E-state index contributed by atoms with van der Waals surface area (Å²) < 4.78 is 11.9. The maximum absolute atomic E-state index is 10.00. The Kier molecular flexibility index (Phi) is 6.13. The molecule has 2 aliphatic rings. The molecule has 0 radical (unpaired) electrons. The smallest absolute Gasteiger partial charge is 0.225 e. The average molecular weight is 451 g/mol. The molecule has 3 aromatic heterocycles. The molecule has 2 fully saturated rings. The summed E-state index contributed by atoms with van der Waals surface area (Å²) >= 11 is 0. The summed E-state index contributed by atoms with van der Waals surface area (Å²) in [4.78, 5) is 20.4. The van der Waals surface area contributed by atoms with Crippen molar-refractivity contribution in [2.24, 2.45) is 0 Å². The van der Waals surface area contributed by atoms with E-state index in [1.807, 2.05) is 26.0 Å². The van der Waals surface area contributed by atoms with Crippen LogP contribution in [-0.2, 0) is 4.74 Å². The Morgan fingerprint density at radius 2 is 1.73 bits per heavy atom. The predicted octanol–water partition coefficient (Wildman–Crippen LogP) is 3.38. The fourth-order valence-electron chi connectivity index (χ4n) is 4.57. The van der Waals surface area contributed by atoms with Gasteiger partial charge in [-0.15, -0.1) is 0 Å². The van der Waals surface area contributed by atoms with Crippen LogP contribution in [-0.4, -0.2) is 63.5 Å². The molecule has 5 rings (SSSR count). The van der Waals surface area contributed by atoms with E-state index in [9.17, 15) is 5.11 Å². The van der Waals surface area contributed by atoms with Gasteiger partial charge in [-0.2, -0.15) is 4.98 Å². The Morgan fingerprint density at radius 3 is 2.45 bits per heavy atom. The Morgan fingerprint density at radius 1 is 1.00 bits per heavy atom. The van der Waals surface area contributed by atoms with Crippen molar-refractivity contribution in [1.82, 2.24) is 19.9 Å². The zero-order valence-corrected chi connectivity index (χ0v) is 19.1. The number of nitrogens with zero attached hydrogens (tertiary/aromatic N) is 5. The van der Waals surface area contributed by atoms with Crippen LogP contribution in [0.4, 0.5) is 11.8 Å². The van der Waals surface area contributed by atoms with E-state index >= 15 is 0 Å². The lowest BCUT2D eigenvalue weighted by molar-refractivity contribution is 0.122. The van der Waals surface area contributed by atoms with Crippen molar-refractivity contribution in [3.63, 3.8) is 0 Å². The van der Waals surface area contributed by atoms with Crippen molar-refractivity contribution >= 4 is 22.7 Å². The fourth-order valence-corrected chi connectivity index (χ4v) is 4.57. The van der Waals surface area contributed by atoms with Crippen LogP contribution in [0.1, 0.15) is 37.1 Å². The van der Waals surface area contributed by atoms with Crippen molar-refractivity contribution in [3.8, 4) is 11.6 Å². The molecule has 0 bridgehead atoms. The number of hydrogen-bond acceptors (Lipinski definition) is 9. The number of rotatable bonds is 5. The van der Waals surface area contributed by atoms with Gasteiger partial charge < -0.3 is 24.8 Å². The summed E-state index contributed by atoms with van der Waals surface area (Å²) in [5, 5.41) is 14.2. The molecule has 2 N–H and O–H groups in total. The van der Waals surface area contributed by atoms with Gasteiger partial charge in [-0.05, 0) is 51.7 Å². The minimum atomic E-state index is 0.0567. The zero-order valence-electron chi connectivity index (χ0n) is 19.1. The fraction of sp³-hybridized carbons (Fsp3) is 0.500. The molecule has 9 heteroatoms. The average Bonchev–Trinajstić information content (AvgIpc) is 2.80. The largest absolute Gasteiger partial charge is 0.506 e. The highest BCUT2D eigenvalue weighted by Crippen LogP contribution is 2.33. The molecule has 1 aliphatic heterocycles. The number of fused-ring (bicyclic) bond motifs is 1. The molecule has 1 saturated heterocycles. The number of aryl methyl sites for hydroxylation is 2. The molecule has 0 aromatic carbocycles. The number of morpholine rings is 1. The van der Waals surface area contributed by atoms with Crippen LogP contribution >= 0.6 is 0 Å². The Balaban J connectivity index is 1.30. The summed E-state index contributed by atoms with van der Waals surface area (Å²) in [7, 11) is 0. The second kappa shape index (κ2) is 9.35. The maximum atomic E-state index is 10.00. The van der Waals surface area contributed by atoms with Crippen LogP contribution in [0.3, 0.4) is 0 Å². The van der Waals surface area contributed by atoms with Gasteiger partial charge in [0.15, 0.2) is 0 Å². The molecule has 0 atom stereocenters. The van der Waals surface area contributed by atoms with Crippen LogP contribution < -0.4 is 15.0 Å². The molecule has 0 spiro atoms. The third-order valence-electron chi connectivity index (χ3n) is 6.22. The van der Waals surface area contributed by atoms with Gasteiger partial charge in [-0.1, -0.05) is 0 Å². The van der Waals surface area contributed by atoms with Gasteiger partial charge >= 0.3 is 0 Å². The highest BCUT2D eigenvalue weighted by Gasteiger charge is 2.25. The lowest BCUT2D eigenvalue weighted by Gasteiger charge is -2.31. The van der Waals surface area contributed by atoms with E-state index in [0.717, 1.165) is 66.9 Å². The molecular weight excluding hydrogens is 420 g/mol. The van der Waals surface area contributed by atoms with E-state index < -0.39 is 0 Å². The number of ether oxygens (including phenoxy) is 2. The normalized spacial score (nSPS) is 21.2. The van der Waals surface area contributed by atoms with Crippen LogP contribution in [0, 0.1) is 13.8 Å². The molecule has 0 unspecified atom stereocenters. The number of hydrogen-bond donors (Lipinski definition) is 2. The number of anilines is 2. The molecule has 0 amide bonds. The third-order valence-corrected chi connectivity index (χ3v) is 6.22. The third kappa shape index (κ3) is 5.08. The van der Waals surface area contributed by atoms with Gasteiger partial charge in [0.2, 0.25) is 11.8 Å². The van der Waals surface area contributed by atoms with Crippen molar-refractivity contribution in [1.29, 1.82) is 0 Å². The van der Waals surface area contributed by atoms with Crippen LogP contribution in [0.15, 0.2) is 24.4 Å². The second-order valence-corrected chi connectivity index (χ2v) is 8.86. The first-order chi connectivity index (χ1) is 16.0. The van der Waals surface area contributed by atoms with E-state index in [1.54, 1.807) is 6.07 Å². The maximum Gasteiger partial charge on any atom is 0.225 e. The van der Waals surface area contributed by atoms with Crippen LogP contribution in [0.2, 0.25) is 0 Å². The van der Waals surface area contributed by atoms with E-state index in [4.69, 9.17) is 14.5 Å². The molecular formula is C24H30N6O3. The summed E-state index contributed by atoms with van der Waals surface area (Å²) in [6.45, 7) is 6.90. The molecule has 3 aromatic rings. The van der Waals surface area contributed by atoms with Crippen LogP contribution in [0.25, 0.3) is 10.9 Å².